The second kappa shape index (κ2) is 4.01. The van der Waals surface area contributed by atoms with E-state index in [1.165, 1.54) is 27.8 Å². The van der Waals surface area contributed by atoms with Gasteiger partial charge in [0.25, 0.3) is 0 Å². The van der Waals surface area contributed by atoms with Crippen LogP contribution in [-0.4, -0.2) is 11.2 Å². The van der Waals surface area contributed by atoms with Gasteiger partial charge in [-0.05, 0) is 47.6 Å². The number of aliphatic hydroxyl groups is 1. The van der Waals surface area contributed by atoms with E-state index < -0.39 is 0 Å². The molecule has 1 heteroatoms. The van der Waals surface area contributed by atoms with Gasteiger partial charge in [0.15, 0.2) is 0 Å². The maximum Gasteiger partial charge on any atom is 0.0552 e. The van der Waals surface area contributed by atoms with Gasteiger partial charge in [-0.15, -0.1) is 0 Å². The Morgan fingerprint density at radius 1 is 1.06 bits per heavy atom. The fraction of sp³-hybridized carbons (Fsp3) is 0.250. The summed E-state index contributed by atoms with van der Waals surface area (Å²) in [4.78, 5) is 0. The molecule has 0 heterocycles. The van der Waals surface area contributed by atoms with E-state index in [1.807, 2.05) is 6.92 Å². The third kappa shape index (κ3) is 1.77. The van der Waals surface area contributed by atoms with Crippen LogP contribution in [0, 0.1) is 0 Å². The largest absolute Gasteiger partial charge is 0.393 e. The molecule has 1 unspecified atom stereocenters. The van der Waals surface area contributed by atoms with Crippen LogP contribution in [0.3, 0.4) is 0 Å². The van der Waals surface area contributed by atoms with E-state index in [0.29, 0.717) is 0 Å². The number of hydrogen-bond donors (Lipinski definition) is 1. The summed E-state index contributed by atoms with van der Waals surface area (Å²) < 4.78 is 0. The van der Waals surface area contributed by atoms with Crippen LogP contribution in [-0.2, 0) is 12.8 Å². The van der Waals surface area contributed by atoms with Crippen molar-refractivity contribution >= 4 is 0 Å². The second-order valence-electron chi connectivity index (χ2n) is 4.84. The maximum absolute atomic E-state index is 9.59. The Bertz CT molecular complexity index is 555. The molecule has 0 saturated heterocycles. The van der Waals surface area contributed by atoms with Crippen molar-refractivity contribution in [1.82, 2.24) is 0 Å². The Kier molecular flexibility index (Phi) is 2.49. The van der Waals surface area contributed by atoms with Crippen LogP contribution in [0.1, 0.15) is 23.6 Å². The minimum Gasteiger partial charge on any atom is -0.393 e. The predicted molar refractivity (Wildman–Crippen MR) is 70.1 cm³/mol. The molecule has 1 N–H and O–H groups in total. The second-order valence-corrected chi connectivity index (χ2v) is 4.84. The van der Waals surface area contributed by atoms with Gasteiger partial charge in [0, 0.05) is 0 Å². The zero-order chi connectivity index (χ0) is 11.8. The van der Waals surface area contributed by atoms with E-state index >= 15 is 0 Å². The number of aliphatic hydroxyl groups excluding tert-OH is 1. The molecule has 0 spiro atoms. The average Bonchev–Trinajstić information content (AvgIpc) is 2.67. The minimum absolute atomic E-state index is 0.283. The summed E-state index contributed by atoms with van der Waals surface area (Å²) in [5, 5.41) is 9.59. The first-order valence-corrected chi connectivity index (χ1v) is 6.13. The predicted octanol–water partition coefficient (Wildman–Crippen LogP) is 3.18. The molecule has 86 valence electrons. The van der Waals surface area contributed by atoms with Gasteiger partial charge in [0.1, 0.15) is 0 Å². The van der Waals surface area contributed by atoms with Crippen LogP contribution < -0.4 is 0 Å². The highest BCUT2D eigenvalue weighted by Gasteiger charge is 2.20. The number of rotatable bonds is 2. The van der Waals surface area contributed by atoms with Crippen molar-refractivity contribution in [2.75, 3.05) is 0 Å². The summed E-state index contributed by atoms with van der Waals surface area (Å²) in [5.74, 6) is 0. The quantitative estimate of drug-likeness (QED) is 0.709. The Morgan fingerprint density at radius 3 is 2.65 bits per heavy atom. The standard InChI is InChI=1S/C16H16O/c1-11(17)9-13-6-4-7-14-10-12-5-2-3-8-15(12)16(13)14/h2-8,11,17H,9-10H2,1H3. The zero-order valence-electron chi connectivity index (χ0n) is 9.98. The highest BCUT2D eigenvalue weighted by atomic mass is 16.3. The van der Waals surface area contributed by atoms with Crippen LogP contribution in [0.25, 0.3) is 11.1 Å². The van der Waals surface area contributed by atoms with Crippen LogP contribution in [0.15, 0.2) is 42.5 Å². The Morgan fingerprint density at radius 2 is 1.82 bits per heavy atom. The summed E-state index contributed by atoms with van der Waals surface area (Å²) in [5.41, 5.74) is 6.76. The molecule has 1 aliphatic rings. The molecule has 0 aliphatic heterocycles. The van der Waals surface area contributed by atoms with Crippen LogP contribution in [0.5, 0.6) is 0 Å². The number of hydrogen-bond acceptors (Lipinski definition) is 1. The first-order chi connectivity index (χ1) is 8.25. The topological polar surface area (TPSA) is 20.2 Å². The van der Waals surface area contributed by atoms with Crippen molar-refractivity contribution in [1.29, 1.82) is 0 Å². The van der Waals surface area contributed by atoms with Gasteiger partial charge in [-0.2, -0.15) is 0 Å². The molecule has 0 fully saturated rings. The van der Waals surface area contributed by atoms with Crippen molar-refractivity contribution in [2.45, 2.75) is 25.9 Å². The third-order valence-corrected chi connectivity index (χ3v) is 3.42. The molecule has 0 saturated carbocycles. The van der Waals surface area contributed by atoms with Crippen molar-refractivity contribution < 1.29 is 5.11 Å². The lowest BCUT2D eigenvalue weighted by Crippen LogP contribution is -2.05. The Balaban J connectivity index is 2.16. The molecule has 0 bridgehead atoms. The van der Waals surface area contributed by atoms with Gasteiger partial charge in [-0.25, -0.2) is 0 Å². The first-order valence-electron chi connectivity index (χ1n) is 6.13. The number of benzene rings is 2. The molecule has 17 heavy (non-hydrogen) atoms. The van der Waals surface area contributed by atoms with Crippen molar-refractivity contribution in [3.8, 4) is 11.1 Å². The fourth-order valence-electron chi connectivity index (χ4n) is 2.76. The summed E-state index contributed by atoms with van der Waals surface area (Å²) in [6.45, 7) is 1.85. The van der Waals surface area contributed by atoms with E-state index in [-0.39, 0.29) is 6.10 Å². The monoisotopic (exact) mass is 224 g/mol. The Hall–Kier alpha value is -1.60. The third-order valence-electron chi connectivity index (χ3n) is 3.42. The van der Waals surface area contributed by atoms with Crippen molar-refractivity contribution in [3.05, 3.63) is 59.2 Å². The molecule has 2 aromatic rings. The molecule has 1 nitrogen and oxygen atoms in total. The normalized spacial score (nSPS) is 14.2. The smallest absolute Gasteiger partial charge is 0.0552 e. The highest BCUT2D eigenvalue weighted by molar-refractivity contribution is 5.79. The SMILES string of the molecule is CC(O)Cc1cccc2c1-c1ccccc1C2. The number of fused-ring (bicyclic) bond motifs is 3. The lowest BCUT2D eigenvalue weighted by Gasteiger charge is -2.11. The van der Waals surface area contributed by atoms with E-state index in [4.69, 9.17) is 0 Å². The molecule has 0 amide bonds. The van der Waals surface area contributed by atoms with E-state index in [1.54, 1.807) is 0 Å². The lowest BCUT2D eigenvalue weighted by molar-refractivity contribution is 0.195. The average molecular weight is 224 g/mol. The summed E-state index contributed by atoms with van der Waals surface area (Å²) in [6.07, 6.45) is 1.48. The molecule has 0 radical (unpaired) electrons. The summed E-state index contributed by atoms with van der Waals surface area (Å²) >= 11 is 0. The van der Waals surface area contributed by atoms with Gasteiger partial charge in [-0.3, -0.25) is 0 Å². The molecule has 1 aliphatic carbocycles. The minimum atomic E-state index is -0.283. The van der Waals surface area contributed by atoms with E-state index in [0.717, 1.165) is 12.8 Å². The maximum atomic E-state index is 9.59. The zero-order valence-corrected chi connectivity index (χ0v) is 9.98. The van der Waals surface area contributed by atoms with E-state index in [9.17, 15) is 5.11 Å². The van der Waals surface area contributed by atoms with Gasteiger partial charge in [0.2, 0.25) is 0 Å². The molecular formula is C16H16O. The first kappa shape index (κ1) is 10.5. The van der Waals surface area contributed by atoms with Gasteiger partial charge >= 0.3 is 0 Å². The molecule has 3 rings (SSSR count). The van der Waals surface area contributed by atoms with Crippen molar-refractivity contribution in [3.63, 3.8) is 0 Å². The van der Waals surface area contributed by atoms with Gasteiger partial charge < -0.3 is 5.11 Å². The molecule has 0 aromatic heterocycles. The summed E-state index contributed by atoms with van der Waals surface area (Å²) in [7, 11) is 0. The summed E-state index contributed by atoms with van der Waals surface area (Å²) in [6, 6.07) is 15.0. The molecule has 1 atom stereocenters. The fourth-order valence-corrected chi connectivity index (χ4v) is 2.76. The molecule has 2 aromatic carbocycles. The van der Waals surface area contributed by atoms with Crippen molar-refractivity contribution in [2.24, 2.45) is 0 Å². The molecular weight excluding hydrogens is 208 g/mol. The van der Waals surface area contributed by atoms with Crippen LogP contribution in [0.2, 0.25) is 0 Å². The van der Waals surface area contributed by atoms with Gasteiger partial charge in [0.05, 0.1) is 6.10 Å². The highest BCUT2D eigenvalue weighted by Crippen LogP contribution is 2.39. The van der Waals surface area contributed by atoms with E-state index in [2.05, 4.69) is 42.5 Å². The Labute approximate surface area is 102 Å². The van der Waals surface area contributed by atoms with Crippen LogP contribution in [0.4, 0.5) is 0 Å². The lowest BCUT2D eigenvalue weighted by atomic mass is 9.96. The van der Waals surface area contributed by atoms with Crippen LogP contribution >= 0.6 is 0 Å². The van der Waals surface area contributed by atoms with Gasteiger partial charge in [-0.1, -0.05) is 42.5 Å².